The predicted molar refractivity (Wildman–Crippen MR) is 118 cm³/mol. The van der Waals surface area contributed by atoms with E-state index in [2.05, 4.69) is 4.72 Å². The summed E-state index contributed by atoms with van der Waals surface area (Å²) < 4.78 is 65.9. The second-order valence-corrected chi connectivity index (χ2v) is 9.48. The van der Waals surface area contributed by atoms with Gasteiger partial charge in [-0.25, -0.2) is 8.42 Å². The summed E-state index contributed by atoms with van der Waals surface area (Å²) in [6.45, 7) is -1.59. The zero-order valence-corrected chi connectivity index (χ0v) is 18.7. The SMILES string of the molecule is CS(=O)(=O)Nc1cccc2c1ccn2C(CC#N)(C(=O)NCC(F)(F)F)c1ccc(Cl)cc1. The van der Waals surface area contributed by atoms with Gasteiger partial charge in [-0.3, -0.25) is 9.52 Å². The van der Waals surface area contributed by atoms with Gasteiger partial charge in [-0.1, -0.05) is 29.8 Å². The van der Waals surface area contributed by atoms with Crippen LogP contribution in [0, 0.1) is 11.3 Å². The molecule has 2 aromatic carbocycles. The molecule has 0 saturated carbocycles. The third-order valence-corrected chi connectivity index (χ3v) is 5.76. The number of carbonyl (C=O) groups is 1. The van der Waals surface area contributed by atoms with Crippen LogP contribution < -0.4 is 10.0 Å². The summed E-state index contributed by atoms with van der Waals surface area (Å²) in [4.78, 5) is 13.3. The Labute approximate surface area is 192 Å². The summed E-state index contributed by atoms with van der Waals surface area (Å²) in [6.07, 6.45) is -2.77. The number of nitrogens with one attached hydrogen (secondary N) is 2. The van der Waals surface area contributed by atoms with Gasteiger partial charge in [0.15, 0.2) is 5.54 Å². The normalized spacial score (nSPS) is 13.8. The minimum Gasteiger partial charge on any atom is -0.345 e. The van der Waals surface area contributed by atoms with E-state index in [-0.39, 0.29) is 11.3 Å². The number of alkyl halides is 3. The first-order valence-corrected chi connectivity index (χ1v) is 11.7. The summed E-state index contributed by atoms with van der Waals surface area (Å²) in [5, 5.41) is 12.2. The maximum absolute atomic E-state index is 13.3. The number of nitriles is 1. The first kappa shape index (κ1) is 24.4. The Hall–Kier alpha value is -3.23. The van der Waals surface area contributed by atoms with Crippen LogP contribution in [0.5, 0.6) is 0 Å². The van der Waals surface area contributed by atoms with Crippen LogP contribution in [0.3, 0.4) is 0 Å². The van der Waals surface area contributed by atoms with E-state index >= 15 is 0 Å². The van der Waals surface area contributed by atoms with E-state index < -0.39 is 40.6 Å². The summed E-state index contributed by atoms with van der Waals surface area (Å²) in [6, 6.07) is 13.9. The zero-order chi connectivity index (χ0) is 24.4. The lowest BCUT2D eigenvalue weighted by Crippen LogP contribution is -2.51. The van der Waals surface area contributed by atoms with E-state index in [1.54, 1.807) is 6.07 Å². The number of nitrogens with zero attached hydrogens (tertiary/aromatic N) is 2. The van der Waals surface area contributed by atoms with E-state index in [1.165, 1.54) is 53.2 Å². The summed E-state index contributed by atoms with van der Waals surface area (Å²) in [5.74, 6) is -1.05. The number of fused-ring (bicyclic) bond motifs is 1. The Bertz CT molecular complexity index is 1330. The maximum Gasteiger partial charge on any atom is 0.405 e. The van der Waals surface area contributed by atoms with Gasteiger partial charge in [0.1, 0.15) is 6.54 Å². The van der Waals surface area contributed by atoms with Gasteiger partial charge in [0.25, 0.3) is 5.91 Å². The third kappa shape index (κ3) is 5.23. The number of carbonyl (C=O) groups excluding carboxylic acids is 1. The van der Waals surface area contributed by atoms with Crippen LogP contribution in [0.15, 0.2) is 54.7 Å². The quantitative estimate of drug-likeness (QED) is 0.513. The Morgan fingerprint density at radius 2 is 1.82 bits per heavy atom. The molecule has 1 amide bonds. The molecule has 2 N–H and O–H groups in total. The number of benzene rings is 2. The lowest BCUT2D eigenvalue weighted by molar-refractivity contribution is -0.142. The van der Waals surface area contributed by atoms with Crippen molar-refractivity contribution in [2.45, 2.75) is 18.1 Å². The standard InChI is InChI=1S/C21H18ClF3N4O3S/c1-33(31,32)28-17-3-2-4-18-16(17)9-12-29(18)20(10-11-26,14-5-7-15(22)8-6-14)19(30)27-13-21(23,24)25/h2-9,12,28H,10,13H2,1H3,(H,27,30). The molecule has 0 aliphatic carbocycles. The van der Waals surface area contributed by atoms with Crippen LogP contribution in [0.1, 0.15) is 12.0 Å². The first-order chi connectivity index (χ1) is 15.4. The van der Waals surface area contributed by atoms with Gasteiger partial charge < -0.3 is 9.88 Å². The molecule has 0 aliphatic heterocycles. The van der Waals surface area contributed by atoms with Gasteiger partial charge >= 0.3 is 6.18 Å². The Morgan fingerprint density at radius 1 is 1.15 bits per heavy atom. The van der Waals surface area contributed by atoms with Gasteiger partial charge in [-0.2, -0.15) is 18.4 Å². The second-order valence-electron chi connectivity index (χ2n) is 7.30. The molecule has 1 heterocycles. The third-order valence-electron chi connectivity index (χ3n) is 4.92. The molecule has 33 heavy (non-hydrogen) atoms. The van der Waals surface area contributed by atoms with Gasteiger partial charge in [0, 0.05) is 16.6 Å². The smallest absolute Gasteiger partial charge is 0.345 e. The number of rotatable bonds is 7. The Balaban J connectivity index is 2.28. The molecule has 174 valence electrons. The summed E-state index contributed by atoms with van der Waals surface area (Å²) >= 11 is 5.96. The fourth-order valence-corrected chi connectivity index (χ4v) is 4.31. The fraction of sp³-hybridized carbons (Fsp3) is 0.238. The van der Waals surface area contributed by atoms with E-state index in [0.717, 1.165) is 6.26 Å². The predicted octanol–water partition coefficient (Wildman–Crippen LogP) is 4.00. The Kier molecular flexibility index (Phi) is 6.63. The minimum atomic E-state index is -4.67. The molecule has 7 nitrogen and oxygen atoms in total. The van der Waals surface area contributed by atoms with Crippen LogP contribution in [0.2, 0.25) is 5.02 Å². The molecule has 1 atom stereocenters. The highest BCUT2D eigenvalue weighted by atomic mass is 35.5. The van der Waals surface area contributed by atoms with Crippen molar-refractivity contribution in [2.75, 3.05) is 17.5 Å². The van der Waals surface area contributed by atoms with Crippen molar-refractivity contribution in [3.05, 3.63) is 65.3 Å². The van der Waals surface area contributed by atoms with Crippen molar-refractivity contribution in [2.24, 2.45) is 0 Å². The molecule has 0 fully saturated rings. The van der Waals surface area contributed by atoms with Crippen LogP contribution >= 0.6 is 11.6 Å². The van der Waals surface area contributed by atoms with Gasteiger partial charge in [-0.15, -0.1) is 0 Å². The number of sulfonamides is 1. The van der Waals surface area contributed by atoms with Crippen LogP contribution in [0.4, 0.5) is 18.9 Å². The zero-order valence-electron chi connectivity index (χ0n) is 17.1. The number of amides is 1. The second kappa shape index (κ2) is 8.96. The highest BCUT2D eigenvalue weighted by molar-refractivity contribution is 7.92. The van der Waals surface area contributed by atoms with Crippen molar-refractivity contribution in [3.63, 3.8) is 0 Å². The molecule has 1 unspecified atom stereocenters. The first-order valence-electron chi connectivity index (χ1n) is 9.44. The van der Waals surface area contributed by atoms with Crippen molar-refractivity contribution < 1.29 is 26.4 Å². The molecule has 12 heteroatoms. The van der Waals surface area contributed by atoms with Crippen molar-refractivity contribution in [1.29, 1.82) is 5.26 Å². The van der Waals surface area contributed by atoms with E-state index in [9.17, 15) is 31.6 Å². The number of hydrogen-bond acceptors (Lipinski definition) is 4. The lowest BCUT2D eigenvalue weighted by atomic mass is 9.85. The molecule has 0 bridgehead atoms. The molecular formula is C21H18ClF3N4O3S. The van der Waals surface area contributed by atoms with E-state index in [4.69, 9.17) is 11.6 Å². The fourth-order valence-electron chi connectivity index (χ4n) is 3.60. The van der Waals surface area contributed by atoms with Crippen molar-refractivity contribution in [3.8, 4) is 6.07 Å². The molecule has 0 saturated heterocycles. The molecule has 0 spiro atoms. The number of hydrogen-bond donors (Lipinski definition) is 2. The van der Waals surface area contributed by atoms with Crippen LogP contribution in [-0.2, 0) is 20.4 Å². The van der Waals surface area contributed by atoms with E-state index in [0.29, 0.717) is 15.9 Å². The van der Waals surface area contributed by atoms with Crippen LogP contribution in [-0.4, -0.2) is 37.9 Å². The Morgan fingerprint density at radius 3 is 2.39 bits per heavy atom. The topological polar surface area (TPSA) is 104 Å². The summed E-state index contributed by atoms with van der Waals surface area (Å²) in [5.41, 5.74) is -1.12. The molecule has 1 aromatic heterocycles. The van der Waals surface area contributed by atoms with Gasteiger partial charge in [0.2, 0.25) is 10.0 Å². The number of anilines is 1. The lowest BCUT2D eigenvalue weighted by Gasteiger charge is -2.34. The highest BCUT2D eigenvalue weighted by Gasteiger charge is 2.44. The molecule has 3 aromatic rings. The van der Waals surface area contributed by atoms with Gasteiger partial charge in [-0.05, 0) is 35.9 Å². The average molecular weight is 499 g/mol. The maximum atomic E-state index is 13.3. The largest absolute Gasteiger partial charge is 0.405 e. The van der Waals surface area contributed by atoms with Crippen molar-refractivity contribution in [1.82, 2.24) is 9.88 Å². The van der Waals surface area contributed by atoms with Gasteiger partial charge in [0.05, 0.1) is 29.9 Å². The molecular weight excluding hydrogens is 481 g/mol. The monoisotopic (exact) mass is 498 g/mol. The highest BCUT2D eigenvalue weighted by Crippen LogP contribution is 2.37. The molecule has 0 radical (unpaired) electrons. The molecule has 3 rings (SSSR count). The van der Waals surface area contributed by atoms with Crippen molar-refractivity contribution >= 4 is 44.1 Å². The minimum absolute atomic E-state index is 0.214. The molecule has 0 aliphatic rings. The number of halogens is 4. The van der Waals surface area contributed by atoms with E-state index in [1.807, 2.05) is 11.4 Å². The average Bonchev–Trinajstić information content (AvgIpc) is 3.15. The number of aromatic nitrogens is 1. The van der Waals surface area contributed by atoms with Crippen LogP contribution in [0.25, 0.3) is 10.9 Å². The summed E-state index contributed by atoms with van der Waals surface area (Å²) in [7, 11) is -3.63.